The van der Waals surface area contributed by atoms with Crippen LogP contribution >= 0.6 is 0 Å². The molecule has 5 nitrogen and oxygen atoms in total. The fourth-order valence-electron chi connectivity index (χ4n) is 3.29. The van der Waals surface area contributed by atoms with Gasteiger partial charge in [-0.05, 0) is 30.7 Å². The molecule has 1 N–H and O–H groups in total. The van der Waals surface area contributed by atoms with E-state index in [1.807, 2.05) is 0 Å². The first-order valence-electron chi connectivity index (χ1n) is 10.4. The van der Waals surface area contributed by atoms with E-state index in [0.717, 1.165) is 0 Å². The van der Waals surface area contributed by atoms with Gasteiger partial charge in [0, 0.05) is 29.0 Å². The van der Waals surface area contributed by atoms with Crippen molar-refractivity contribution >= 4 is 11.7 Å². The van der Waals surface area contributed by atoms with E-state index < -0.39 is 41.5 Å². The third-order valence-corrected chi connectivity index (χ3v) is 5.17. The highest BCUT2D eigenvalue weighted by Gasteiger charge is 2.20. The average molecular weight is 487 g/mol. The van der Waals surface area contributed by atoms with E-state index >= 15 is 0 Å². The maximum absolute atomic E-state index is 13.9. The summed E-state index contributed by atoms with van der Waals surface area (Å²) >= 11 is 0. The molecule has 180 valence electrons. The highest BCUT2D eigenvalue weighted by atomic mass is 19.2. The van der Waals surface area contributed by atoms with Crippen molar-refractivity contribution in [3.8, 4) is 5.75 Å². The molecule has 0 saturated heterocycles. The minimum atomic E-state index is -1.63. The van der Waals surface area contributed by atoms with Gasteiger partial charge >= 0.3 is 0 Å². The highest BCUT2D eigenvalue weighted by molar-refractivity contribution is 6.03. The molecule has 0 atom stereocenters. The number of carbonyl (C=O) groups is 1. The fraction of sp³-hybridized carbons (Fsp3) is 0.120. The topological polar surface area (TPSA) is 56.1 Å². The van der Waals surface area contributed by atoms with Crippen molar-refractivity contribution in [1.82, 2.24) is 9.78 Å². The molecule has 10 heteroatoms. The number of nitrogens with zero attached hydrogens (tertiary/aromatic N) is 2. The van der Waals surface area contributed by atoms with Crippen LogP contribution in [-0.4, -0.2) is 15.7 Å². The Morgan fingerprint density at radius 2 is 1.57 bits per heavy atom. The average Bonchev–Trinajstić information content (AvgIpc) is 3.18. The molecule has 0 aliphatic heterocycles. The van der Waals surface area contributed by atoms with Crippen LogP contribution < -0.4 is 10.1 Å². The standard InChI is InChI=1S/C25H18F5N3O2/c1-14-10-21(32-33(14)12-17-4-2-3-5-18(17)26)31-25(34)16-8-6-15(7-9-16)13-35-24-22(29)19(27)11-20(28)23(24)30/h2-11H,12-13H2,1H3,(H,31,32,34). The Bertz CT molecular complexity index is 1360. The molecule has 35 heavy (non-hydrogen) atoms. The lowest BCUT2D eigenvalue weighted by molar-refractivity contribution is 0.102. The van der Waals surface area contributed by atoms with Gasteiger partial charge in [-0.1, -0.05) is 30.3 Å². The Kier molecular flexibility index (Phi) is 6.81. The number of aromatic nitrogens is 2. The fourth-order valence-corrected chi connectivity index (χ4v) is 3.29. The summed E-state index contributed by atoms with van der Waals surface area (Å²) in [4.78, 5) is 12.6. The third-order valence-electron chi connectivity index (χ3n) is 5.17. The van der Waals surface area contributed by atoms with Crippen molar-refractivity contribution in [1.29, 1.82) is 0 Å². The third kappa shape index (κ3) is 5.32. The van der Waals surface area contributed by atoms with Gasteiger partial charge in [0.05, 0.1) is 6.54 Å². The quantitative estimate of drug-likeness (QED) is 0.266. The Morgan fingerprint density at radius 1 is 0.914 bits per heavy atom. The normalized spacial score (nSPS) is 10.9. The van der Waals surface area contributed by atoms with Crippen LogP contribution in [0.25, 0.3) is 0 Å². The first-order chi connectivity index (χ1) is 16.7. The summed E-state index contributed by atoms with van der Waals surface area (Å²) < 4.78 is 74.4. The van der Waals surface area contributed by atoms with E-state index in [1.165, 1.54) is 30.3 Å². The van der Waals surface area contributed by atoms with Gasteiger partial charge < -0.3 is 10.1 Å². The Morgan fingerprint density at radius 3 is 2.23 bits per heavy atom. The van der Waals surface area contributed by atoms with Gasteiger partial charge in [-0.25, -0.2) is 13.2 Å². The predicted octanol–water partition coefficient (Wildman–Crippen LogP) is 5.77. The molecular weight excluding hydrogens is 469 g/mol. The molecule has 0 aliphatic carbocycles. The van der Waals surface area contributed by atoms with Crippen molar-refractivity contribution in [2.24, 2.45) is 0 Å². The number of aryl methyl sites for hydroxylation is 1. The molecule has 0 unspecified atom stereocenters. The van der Waals surface area contributed by atoms with Crippen LogP contribution in [0.15, 0.2) is 60.7 Å². The number of benzene rings is 3. The number of hydrogen-bond acceptors (Lipinski definition) is 3. The number of rotatable bonds is 7. The van der Waals surface area contributed by atoms with E-state index in [9.17, 15) is 26.7 Å². The highest BCUT2D eigenvalue weighted by Crippen LogP contribution is 2.27. The number of hydrogen-bond donors (Lipinski definition) is 1. The van der Waals surface area contributed by atoms with Gasteiger partial charge in [-0.15, -0.1) is 0 Å². The number of carbonyl (C=O) groups excluding carboxylic acids is 1. The van der Waals surface area contributed by atoms with Crippen LogP contribution in [0.5, 0.6) is 5.75 Å². The van der Waals surface area contributed by atoms with Crippen molar-refractivity contribution in [2.45, 2.75) is 20.1 Å². The van der Waals surface area contributed by atoms with Gasteiger partial charge in [0.15, 0.2) is 23.2 Å². The van der Waals surface area contributed by atoms with Crippen LogP contribution in [0.4, 0.5) is 27.8 Å². The molecule has 0 aliphatic rings. The van der Waals surface area contributed by atoms with Crippen LogP contribution in [0.2, 0.25) is 0 Å². The maximum Gasteiger partial charge on any atom is 0.256 e. The summed E-state index contributed by atoms with van der Waals surface area (Å²) in [5.74, 6) is -8.13. The number of halogens is 5. The van der Waals surface area contributed by atoms with Crippen molar-refractivity contribution in [3.63, 3.8) is 0 Å². The molecule has 0 spiro atoms. The lowest BCUT2D eigenvalue weighted by Crippen LogP contribution is -2.13. The molecule has 1 heterocycles. The van der Waals surface area contributed by atoms with E-state index in [-0.39, 0.29) is 29.8 Å². The number of nitrogens with one attached hydrogen (secondary N) is 1. The summed E-state index contributed by atoms with van der Waals surface area (Å²) in [6.07, 6.45) is 0. The lowest BCUT2D eigenvalue weighted by atomic mass is 10.1. The van der Waals surface area contributed by atoms with Crippen LogP contribution in [0.3, 0.4) is 0 Å². The minimum absolute atomic E-state index is 0.0927. The summed E-state index contributed by atoms with van der Waals surface area (Å²) in [5.41, 5.74) is 1.82. The van der Waals surface area contributed by atoms with E-state index in [0.29, 0.717) is 16.8 Å². The predicted molar refractivity (Wildman–Crippen MR) is 117 cm³/mol. The molecule has 4 aromatic rings. The number of amides is 1. The second kappa shape index (κ2) is 9.96. The Balaban J connectivity index is 1.40. The second-order valence-electron chi connectivity index (χ2n) is 7.66. The second-order valence-corrected chi connectivity index (χ2v) is 7.66. The zero-order valence-corrected chi connectivity index (χ0v) is 18.3. The van der Waals surface area contributed by atoms with Crippen molar-refractivity contribution < 1.29 is 31.5 Å². The summed E-state index contributed by atoms with van der Waals surface area (Å²) in [7, 11) is 0. The first-order valence-corrected chi connectivity index (χ1v) is 10.4. The number of anilines is 1. The van der Waals surface area contributed by atoms with Gasteiger partial charge in [0.25, 0.3) is 5.91 Å². The van der Waals surface area contributed by atoms with Crippen LogP contribution in [-0.2, 0) is 13.2 Å². The van der Waals surface area contributed by atoms with Gasteiger partial charge in [-0.2, -0.15) is 13.9 Å². The molecule has 0 radical (unpaired) electrons. The van der Waals surface area contributed by atoms with Gasteiger partial charge in [0.2, 0.25) is 11.6 Å². The zero-order chi connectivity index (χ0) is 25.1. The molecule has 0 saturated carbocycles. The lowest BCUT2D eigenvalue weighted by Gasteiger charge is -2.10. The SMILES string of the molecule is Cc1cc(NC(=O)c2ccc(COc3c(F)c(F)cc(F)c3F)cc2)nn1Cc1ccccc1F. The van der Waals surface area contributed by atoms with Crippen LogP contribution in [0.1, 0.15) is 27.2 Å². The molecule has 0 bridgehead atoms. The molecule has 1 amide bonds. The number of ether oxygens (including phenoxy) is 1. The molecule has 3 aromatic carbocycles. The van der Waals surface area contributed by atoms with Crippen molar-refractivity contribution in [3.05, 3.63) is 112 Å². The van der Waals surface area contributed by atoms with Crippen molar-refractivity contribution in [2.75, 3.05) is 5.32 Å². The summed E-state index contributed by atoms with van der Waals surface area (Å²) in [6, 6.07) is 13.9. The van der Waals surface area contributed by atoms with E-state index in [4.69, 9.17) is 4.74 Å². The Hall–Kier alpha value is -4.21. The zero-order valence-electron chi connectivity index (χ0n) is 18.3. The maximum atomic E-state index is 13.9. The summed E-state index contributed by atoms with van der Waals surface area (Å²) in [6.45, 7) is 1.58. The smallest absolute Gasteiger partial charge is 0.256 e. The van der Waals surface area contributed by atoms with Gasteiger partial charge in [0.1, 0.15) is 12.4 Å². The van der Waals surface area contributed by atoms with E-state index in [1.54, 1.807) is 35.9 Å². The molecule has 0 fully saturated rings. The summed E-state index contributed by atoms with van der Waals surface area (Å²) in [5, 5.41) is 6.93. The first kappa shape index (κ1) is 23.9. The van der Waals surface area contributed by atoms with E-state index in [2.05, 4.69) is 10.4 Å². The molecule has 1 aromatic heterocycles. The molecule has 4 rings (SSSR count). The molecular formula is C25H18F5N3O2. The largest absolute Gasteiger partial charge is 0.483 e. The van der Waals surface area contributed by atoms with Crippen LogP contribution in [0, 0.1) is 36.0 Å². The monoisotopic (exact) mass is 487 g/mol. The Labute approximate surface area is 196 Å². The van der Waals surface area contributed by atoms with Gasteiger partial charge in [-0.3, -0.25) is 9.48 Å². The minimum Gasteiger partial charge on any atom is -0.483 e.